The summed E-state index contributed by atoms with van der Waals surface area (Å²) in [5.74, 6) is -0.217. The SMILES string of the molecule is CC.COCCCOc1cc(C(C)=O)ccc1C(=O)OC. The first-order valence-electron chi connectivity index (χ1n) is 6.95. The number of benzene rings is 1. The molecule has 0 bridgehead atoms. The van der Waals surface area contributed by atoms with Crippen LogP contribution in [-0.4, -0.2) is 39.2 Å². The maximum Gasteiger partial charge on any atom is 0.341 e. The van der Waals surface area contributed by atoms with Crippen molar-refractivity contribution in [3.63, 3.8) is 0 Å². The number of ketones is 1. The maximum atomic E-state index is 11.6. The van der Waals surface area contributed by atoms with Crippen LogP contribution in [0.15, 0.2) is 18.2 Å². The number of Topliss-reactive ketones (excluding diaryl/α,β-unsaturated/α-hetero) is 1. The molecule has 0 aliphatic heterocycles. The van der Waals surface area contributed by atoms with E-state index in [1.54, 1.807) is 19.2 Å². The van der Waals surface area contributed by atoms with Crippen molar-refractivity contribution in [2.45, 2.75) is 27.2 Å². The Bertz CT molecular complexity index is 454. The van der Waals surface area contributed by atoms with E-state index in [1.807, 2.05) is 13.8 Å². The molecule has 0 radical (unpaired) electrons. The minimum atomic E-state index is -0.489. The zero-order valence-electron chi connectivity index (χ0n) is 13.4. The molecule has 21 heavy (non-hydrogen) atoms. The lowest BCUT2D eigenvalue weighted by Crippen LogP contribution is -2.09. The molecule has 0 heterocycles. The summed E-state index contributed by atoms with van der Waals surface area (Å²) in [6, 6.07) is 4.67. The van der Waals surface area contributed by atoms with Crippen molar-refractivity contribution < 1.29 is 23.8 Å². The molecule has 0 saturated carbocycles. The van der Waals surface area contributed by atoms with Crippen LogP contribution in [0.25, 0.3) is 0 Å². The highest BCUT2D eigenvalue weighted by atomic mass is 16.5. The summed E-state index contributed by atoms with van der Waals surface area (Å²) in [5, 5.41) is 0. The van der Waals surface area contributed by atoms with Gasteiger partial charge in [-0.1, -0.05) is 19.9 Å². The lowest BCUT2D eigenvalue weighted by atomic mass is 10.1. The molecule has 0 saturated heterocycles. The second kappa shape index (κ2) is 10.9. The summed E-state index contributed by atoms with van der Waals surface area (Å²) in [6.07, 6.45) is 0.696. The zero-order valence-corrected chi connectivity index (χ0v) is 13.4. The van der Waals surface area contributed by atoms with Crippen LogP contribution in [0.5, 0.6) is 5.75 Å². The van der Waals surface area contributed by atoms with Gasteiger partial charge in [-0.05, 0) is 19.1 Å². The fraction of sp³-hybridized carbons (Fsp3) is 0.500. The van der Waals surface area contributed by atoms with Gasteiger partial charge in [0.15, 0.2) is 5.78 Å². The quantitative estimate of drug-likeness (QED) is 0.439. The Balaban J connectivity index is 0.00000191. The Labute approximate surface area is 126 Å². The third-order valence-electron chi connectivity index (χ3n) is 2.54. The van der Waals surface area contributed by atoms with E-state index in [1.165, 1.54) is 20.1 Å². The Morgan fingerprint density at radius 3 is 2.29 bits per heavy atom. The van der Waals surface area contributed by atoms with Gasteiger partial charge in [0.2, 0.25) is 0 Å². The number of rotatable bonds is 7. The van der Waals surface area contributed by atoms with Crippen LogP contribution in [0, 0.1) is 0 Å². The van der Waals surface area contributed by atoms with Crippen molar-refractivity contribution in [1.82, 2.24) is 0 Å². The van der Waals surface area contributed by atoms with E-state index in [0.29, 0.717) is 36.5 Å². The van der Waals surface area contributed by atoms with Gasteiger partial charge < -0.3 is 14.2 Å². The molecule has 5 nitrogen and oxygen atoms in total. The Morgan fingerprint density at radius 1 is 1.10 bits per heavy atom. The summed E-state index contributed by atoms with van der Waals surface area (Å²) >= 11 is 0. The number of ether oxygens (including phenoxy) is 3. The molecule has 0 aromatic heterocycles. The van der Waals surface area contributed by atoms with Crippen molar-refractivity contribution >= 4 is 11.8 Å². The second-order valence-electron chi connectivity index (χ2n) is 3.95. The van der Waals surface area contributed by atoms with Gasteiger partial charge in [-0.25, -0.2) is 4.79 Å². The van der Waals surface area contributed by atoms with Gasteiger partial charge in [-0.2, -0.15) is 0 Å². The molecule has 1 aromatic rings. The molecule has 5 heteroatoms. The van der Waals surface area contributed by atoms with Gasteiger partial charge in [-0.3, -0.25) is 4.79 Å². The normalized spacial score (nSPS) is 9.38. The van der Waals surface area contributed by atoms with Crippen LogP contribution < -0.4 is 4.74 Å². The lowest BCUT2D eigenvalue weighted by molar-refractivity contribution is 0.0595. The number of carbonyl (C=O) groups excluding carboxylic acids is 2. The molecule has 1 rings (SSSR count). The van der Waals surface area contributed by atoms with Crippen LogP contribution in [0.3, 0.4) is 0 Å². The summed E-state index contributed by atoms with van der Waals surface area (Å²) in [6.45, 7) is 6.43. The van der Waals surface area contributed by atoms with Gasteiger partial charge >= 0.3 is 5.97 Å². The number of hydrogen-bond acceptors (Lipinski definition) is 5. The maximum absolute atomic E-state index is 11.6. The van der Waals surface area contributed by atoms with Crippen molar-refractivity contribution in [3.05, 3.63) is 29.3 Å². The minimum absolute atomic E-state index is 0.0850. The van der Waals surface area contributed by atoms with E-state index >= 15 is 0 Å². The zero-order chi connectivity index (χ0) is 16.3. The Morgan fingerprint density at radius 2 is 1.76 bits per heavy atom. The summed E-state index contributed by atoms with van der Waals surface area (Å²) in [5.41, 5.74) is 0.805. The standard InChI is InChI=1S/C14H18O5.C2H6/c1-10(15)11-5-6-12(14(16)18-3)13(9-11)19-8-4-7-17-2;1-2/h5-6,9H,4,7-8H2,1-3H3;1-2H3. The predicted octanol–water partition coefficient (Wildman–Crippen LogP) is 3.12. The molecular formula is C16H24O5. The highest BCUT2D eigenvalue weighted by molar-refractivity contribution is 5.98. The molecule has 0 amide bonds. The highest BCUT2D eigenvalue weighted by Gasteiger charge is 2.15. The molecule has 0 fully saturated rings. The summed E-state index contributed by atoms with van der Waals surface area (Å²) in [4.78, 5) is 22.9. The summed E-state index contributed by atoms with van der Waals surface area (Å²) < 4.78 is 15.1. The molecule has 118 valence electrons. The predicted molar refractivity (Wildman–Crippen MR) is 81.1 cm³/mol. The van der Waals surface area contributed by atoms with Gasteiger partial charge in [-0.15, -0.1) is 0 Å². The van der Waals surface area contributed by atoms with E-state index in [0.717, 1.165) is 0 Å². The average molecular weight is 296 g/mol. The first-order valence-corrected chi connectivity index (χ1v) is 6.95. The van der Waals surface area contributed by atoms with E-state index in [9.17, 15) is 9.59 Å². The van der Waals surface area contributed by atoms with Crippen LogP contribution in [-0.2, 0) is 9.47 Å². The van der Waals surface area contributed by atoms with Crippen molar-refractivity contribution in [1.29, 1.82) is 0 Å². The van der Waals surface area contributed by atoms with E-state index in [2.05, 4.69) is 4.74 Å². The van der Waals surface area contributed by atoms with Crippen molar-refractivity contribution in [2.24, 2.45) is 0 Å². The topological polar surface area (TPSA) is 61.8 Å². The molecular weight excluding hydrogens is 272 g/mol. The molecule has 0 aliphatic carbocycles. The Hall–Kier alpha value is -1.88. The molecule has 1 aromatic carbocycles. The average Bonchev–Trinajstić information content (AvgIpc) is 2.52. The fourth-order valence-electron chi connectivity index (χ4n) is 1.52. The third kappa shape index (κ3) is 6.40. The van der Waals surface area contributed by atoms with Crippen molar-refractivity contribution in [2.75, 3.05) is 27.4 Å². The monoisotopic (exact) mass is 296 g/mol. The minimum Gasteiger partial charge on any atom is -0.493 e. The number of hydrogen-bond donors (Lipinski definition) is 0. The number of methoxy groups -OCH3 is 2. The molecule has 0 N–H and O–H groups in total. The van der Waals surface area contributed by atoms with E-state index < -0.39 is 5.97 Å². The van der Waals surface area contributed by atoms with E-state index in [4.69, 9.17) is 9.47 Å². The molecule has 0 atom stereocenters. The first kappa shape index (κ1) is 19.1. The van der Waals surface area contributed by atoms with Crippen LogP contribution in [0.4, 0.5) is 0 Å². The van der Waals surface area contributed by atoms with Crippen molar-refractivity contribution in [3.8, 4) is 5.75 Å². The smallest absolute Gasteiger partial charge is 0.341 e. The molecule has 0 unspecified atom stereocenters. The largest absolute Gasteiger partial charge is 0.493 e. The number of carbonyl (C=O) groups is 2. The lowest BCUT2D eigenvalue weighted by Gasteiger charge is -2.11. The van der Waals surface area contributed by atoms with Crippen LogP contribution in [0.2, 0.25) is 0 Å². The van der Waals surface area contributed by atoms with Crippen LogP contribution >= 0.6 is 0 Å². The van der Waals surface area contributed by atoms with Gasteiger partial charge in [0, 0.05) is 25.7 Å². The summed E-state index contributed by atoms with van der Waals surface area (Å²) in [7, 11) is 2.91. The van der Waals surface area contributed by atoms with Gasteiger partial charge in [0.25, 0.3) is 0 Å². The van der Waals surface area contributed by atoms with Gasteiger partial charge in [0.1, 0.15) is 11.3 Å². The first-order chi connectivity index (χ1) is 10.1. The molecule has 0 aliphatic rings. The van der Waals surface area contributed by atoms with Crippen LogP contribution in [0.1, 0.15) is 47.9 Å². The third-order valence-corrected chi connectivity index (χ3v) is 2.54. The fourth-order valence-corrected chi connectivity index (χ4v) is 1.52. The number of esters is 1. The van der Waals surface area contributed by atoms with E-state index in [-0.39, 0.29) is 5.78 Å². The highest BCUT2D eigenvalue weighted by Crippen LogP contribution is 2.22. The molecule has 0 spiro atoms. The second-order valence-corrected chi connectivity index (χ2v) is 3.95. The van der Waals surface area contributed by atoms with Gasteiger partial charge in [0.05, 0.1) is 13.7 Å². The Kier molecular flexibility index (Phi) is 9.88.